The van der Waals surface area contributed by atoms with Gasteiger partial charge in [0.1, 0.15) is 0 Å². The number of nitrogens with zero attached hydrogens (tertiary/aromatic N) is 2. The summed E-state index contributed by atoms with van der Waals surface area (Å²) in [5, 5.41) is 2.96. The molecule has 0 radical (unpaired) electrons. The van der Waals surface area contributed by atoms with Gasteiger partial charge in [0.2, 0.25) is 5.91 Å². The molecule has 0 atom stereocenters. The van der Waals surface area contributed by atoms with Crippen LogP contribution in [0.3, 0.4) is 0 Å². The second kappa shape index (κ2) is 8.46. The molecule has 0 aromatic heterocycles. The van der Waals surface area contributed by atoms with Crippen LogP contribution in [0.5, 0.6) is 0 Å². The maximum atomic E-state index is 12.8. The van der Waals surface area contributed by atoms with E-state index in [1.54, 1.807) is 6.07 Å². The highest BCUT2D eigenvalue weighted by atomic mass is 16.2. The largest absolute Gasteiger partial charge is 0.362 e. The van der Waals surface area contributed by atoms with Gasteiger partial charge >= 0.3 is 0 Å². The average molecular weight is 377 g/mol. The van der Waals surface area contributed by atoms with Crippen molar-refractivity contribution in [2.45, 2.75) is 32.1 Å². The van der Waals surface area contributed by atoms with Gasteiger partial charge in [-0.15, -0.1) is 0 Å². The number of hydrogen-bond donors (Lipinski definition) is 1. The van der Waals surface area contributed by atoms with Crippen molar-refractivity contribution in [2.24, 2.45) is 0 Å². The third-order valence-corrected chi connectivity index (χ3v) is 5.60. The van der Waals surface area contributed by atoms with Gasteiger partial charge in [-0.2, -0.15) is 0 Å². The van der Waals surface area contributed by atoms with Gasteiger partial charge in [0.15, 0.2) is 0 Å². The van der Waals surface area contributed by atoms with Gasteiger partial charge in [-0.05, 0) is 49.1 Å². The highest BCUT2D eigenvalue weighted by molar-refractivity contribution is 5.98. The minimum Gasteiger partial charge on any atom is -0.362 e. The van der Waals surface area contributed by atoms with Crippen molar-refractivity contribution >= 4 is 23.2 Å². The van der Waals surface area contributed by atoms with Gasteiger partial charge in [-0.1, -0.05) is 37.1 Å². The Morgan fingerprint density at radius 1 is 0.893 bits per heavy atom. The number of carbonyl (C=O) groups excluding carboxylic acids is 2. The third-order valence-electron chi connectivity index (χ3n) is 5.60. The number of carbonyl (C=O) groups is 2. The zero-order chi connectivity index (χ0) is 19.3. The second-order valence-corrected chi connectivity index (χ2v) is 7.64. The van der Waals surface area contributed by atoms with Crippen molar-refractivity contribution in [3.05, 3.63) is 59.7 Å². The van der Waals surface area contributed by atoms with E-state index < -0.39 is 0 Å². The van der Waals surface area contributed by atoms with Crippen molar-refractivity contribution in [3.8, 4) is 0 Å². The van der Waals surface area contributed by atoms with Crippen LogP contribution < -0.4 is 10.2 Å². The highest BCUT2D eigenvalue weighted by Crippen LogP contribution is 2.27. The number of amides is 2. The standard InChI is InChI=1S/C23H27N3O2/c27-22(17-26-15-12-18-8-3-4-11-21(18)26)24-20-10-7-9-19(16-20)23(28)25-13-5-1-2-6-14-25/h3-4,7-11,16H,1-2,5-6,12-15,17H2,(H,24,27). The molecule has 5 nitrogen and oxygen atoms in total. The van der Waals surface area contributed by atoms with E-state index in [2.05, 4.69) is 22.3 Å². The van der Waals surface area contributed by atoms with Gasteiger partial charge in [0, 0.05) is 36.6 Å². The Bertz CT molecular complexity index is 856. The molecule has 28 heavy (non-hydrogen) atoms. The first-order chi connectivity index (χ1) is 13.7. The van der Waals surface area contributed by atoms with E-state index in [-0.39, 0.29) is 11.8 Å². The van der Waals surface area contributed by atoms with Crippen LogP contribution in [-0.2, 0) is 11.2 Å². The number of likely N-dealkylation sites (tertiary alicyclic amines) is 1. The molecule has 1 saturated heterocycles. The Labute approximate surface area is 166 Å². The number of rotatable bonds is 4. The summed E-state index contributed by atoms with van der Waals surface area (Å²) in [6.07, 6.45) is 5.50. The minimum atomic E-state index is -0.0592. The Balaban J connectivity index is 1.39. The summed E-state index contributed by atoms with van der Waals surface area (Å²) in [4.78, 5) is 29.4. The van der Waals surface area contributed by atoms with Gasteiger partial charge < -0.3 is 15.1 Å². The lowest BCUT2D eigenvalue weighted by molar-refractivity contribution is -0.115. The third kappa shape index (κ3) is 4.19. The Hall–Kier alpha value is -2.82. The number of hydrogen-bond acceptors (Lipinski definition) is 3. The maximum Gasteiger partial charge on any atom is 0.253 e. The fourth-order valence-electron chi connectivity index (χ4n) is 4.13. The van der Waals surface area contributed by atoms with Crippen LogP contribution in [-0.4, -0.2) is 42.9 Å². The number of benzene rings is 2. The molecule has 2 aliphatic rings. The van der Waals surface area contributed by atoms with Crippen LogP contribution in [0.25, 0.3) is 0 Å². The Kier molecular flexibility index (Phi) is 5.60. The van der Waals surface area contributed by atoms with E-state index in [9.17, 15) is 9.59 Å². The smallest absolute Gasteiger partial charge is 0.253 e. The molecule has 2 aliphatic heterocycles. The van der Waals surface area contributed by atoms with E-state index in [1.807, 2.05) is 35.2 Å². The van der Waals surface area contributed by atoms with Crippen molar-refractivity contribution in [1.29, 1.82) is 0 Å². The van der Waals surface area contributed by atoms with Crippen molar-refractivity contribution < 1.29 is 9.59 Å². The fraction of sp³-hybridized carbons (Fsp3) is 0.391. The van der Waals surface area contributed by atoms with E-state index in [4.69, 9.17) is 0 Å². The molecule has 2 aromatic carbocycles. The SMILES string of the molecule is O=C(CN1CCc2ccccc21)Nc1cccc(C(=O)N2CCCCCC2)c1. The predicted octanol–water partition coefficient (Wildman–Crippen LogP) is 3.70. The summed E-state index contributed by atoms with van der Waals surface area (Å²) in [6.45, 7) is 2.83. The van der Waals surface area contributed by atoms with Crippen LogP contribution >= 0.6 is 0 Å². The lowest BCUT2D eigenvalue weighted by Gasteiger charge is -2.21. The number of anilines is 2. The van der Waals surface area contributed by atoms with Crippen molar-refractivity contribution in [1.82, 2.24) is 4.90 Å². The zero-order valence-corrected chi connectivity index (χ0v) is 16.2. The first-order valence-corrected chi connectivity index (χ1v) is 10.2. The summed E-state index contributed by atoms with van der Waals surface area (Å²) in [5.41, 5.74) is 3.76. The number of fused-ring (bicyclic) bond motifs is 1. The van der Waals surface area contributed by atoms with Crippen LogP contribution in [0, 0.1) is 0 Å². The summed E-state index contributed by atoms with van der Waals surface area (Å²) >= 11 is 0. The highest BCUT2D eigenvalue weighted by Gasteiger charge is 2.21. The molecule has 1 fully saturated rings. The van der Waals surface area contributed by atoms with Crippen molar-refractivity contribution in [2.75, 3.05) is 36.4 Å². The second-order valence-electron chi connectivity index (χ2n) is 7.64. The van der Waals surface area contributed by atoms with Gasteiger partial charge in [0.25, 0.3) is 5.91 Å². The molecule has 5 heteroatoms. The number of nitrogens with one attached hydrogen (secondary N) is 1. The van der Waals surface area contributed by atoms with Gasteiger partial charge in [0.05, 0.1) is 6.54 Å². The summed E-state index contributed by atoms with van der Waals surface area (Å²) < 4.78 is 0. The molecule has 0 aliphatic carbocycles. The molecule has 146 valence electrons. The topological polar surface area (TPSA) is 52.7 Å². The molecular weight excluding hydrogens is 350 g/mol. The van der Waals surface area contributed by atoms with Gasteiger partial charge in [-0.3, -0.25) is 9.59 Å². The van der Waals surface area contributed by atoms with E-state index in [0.717, 1.165) is 44.6 Å². The molecule has 2 amide bonds. The normalized spacial score (nSPS) is 16.4. The Morgan fingerprint density at radius 3 is 2.50 bits per heavy atom. The molecule has 0 spiro atoms. The van der Waals surface area contributed by atoms with Crippen LogP contribution in [0.15, 0.2) is 48.5 Å². The molecule has 1 N–H and O–H groups in total. The quantitative estimate of drug-likeness (QED) is 0.884. The van der Waals surface area contributed by atoms with E-state index in [0.29, 0.717) is 17.8 Å². The summed E-state index contributed by atoms with van der Waals surface area (Å²) in [6, 6.07) is 15.5. The molecule has 0 bridgehead atoms. The molecule has 0 saturated carbocycles. The average Bonchev–Trinajstić information content (AvgIpc) is 2.92. The maximum absolute atomic E-state index is 12.8. The first-order valence-electron chi connectivity index (χ1n) is 10.2. The van der Waals surface area contributed by atoms with Crippen LogP contribution in [0.4, 0.5) is 11.4 Å². The van der Waals surface area contributed by atoms with Crippen molar-refractivity contribution in [3.63, 3.8) is 0 Å². The fourth-order valence-corrected chi connectivity index (χ4v) is 4.13. The zero-order valence-electron chi connectivity index (χ0n) is 16.2. The molecule has 4 rings (SSSR count). The summed E-state index contributed by atoms with van der Waals surface area (Å²) in [7, 11) is 0. The minimum absolute atomic E-state index is 0.0592. The van der Waals surface area contributed by atoms with Crippen LogP contribution in [0.2, 0.25) is 0 Å². The molecular formula is C23H27N3O2. The summed E-state index contributed by atoms with van der Waals surface area (Å²) in [5.74, 6) is 0.00236. The van der Waals surface area contributed by atoms with E-state index >= 15 is 0 Å². The monoisotopic (exact) mass is 377 g/mol. The predicted molar refractivity (Wildman–Crippen MR) is 112 cm³/mol. The molecule has 2 heterocycles. The molecule has 2 aromatic rings. The lowest BCUT2D eigenvalue weighted by Crippen LogP contribution is -2.32. The molecule has 0 unspecified atom stereocenters. The number of para-hydroxylation sites is 1. The first kappa shape index (κ1) is 18.5. The Morgan fingerprint density at radius 2 is 1.68 bits per heavy atom. The van der Waals surface area contributed by atoms with E-state index in [1.165, 1.54) is 18.4 Å². The lowest BCUT2D eigenvalue weighted by atomic mass is 10.1. The van der Waals surface area contributed by atoms with Crippen LogP contribution in [0.1, 0.15) is 41.6 Å². The van der Waals surface area contributed by atoms with Gasteiger partial charge in [-0.25, -0.2) is 0 Å².